The average Bonchev–Trinajstić information content (AvgIpc) is 2.55. The third-order valence-corrected chi connectivity index (χ3v) is 3.75. The minimum Gasteiger partial charge on any atom is -0.352 e. The van der Waals surface area contributed by atoms with Gasteiger partial charge in [0.2, 0.25) is 5.91 Å². The summed E-state index contributed by atoms with van der Waals surface area (Å²) in [4.78, 5) is 26.2. The van der Waals surface area contributed by atoms with Crippen LogP contribution < -0.4 is 10.6 Å². The molecule has 0 aliphatic carbocycles. The van der Waals surface area contributed by atoms with Crippen molar-refractivity contribution in [1.29, 1.82) is 0 Å². The Morgan fingerprint density at radius 3 is 2.48 bits per heavy atom. The highest BCUT2D eigenvalue weighted by Crippen LogP contribution is 2.12. The Bertz CT molecular complexity index is 511. The second-order valence-corrected chi connectivity index (χ2v) is 5.86. The quantitative estimate of drug-likeness (QED) is 0.688. The molecule has 2 N–H and O–H groups in total. The van der Waals surface area contributed by atoms with Gasteiger partial charge in [0.1, 0.15) is 0 Å². The fourth-order valence-corrected chi connectivity index (χ4v) is 2.17. The summed E-state index contributed by atoms with van der Waals surface area (Å²) in [6.07, 6.45) is 0.928. The Hall–Kier alpha value is -1.88. The number of benzene rings is 1. The van der Waals surface area contributed by atoms with E-state index in [0.717, 1.165) is 26.1 Å². The third kappa shape index (κ3) is 6.82. The van der Waals surface area contributed by atoms with Crippen molar-refractivity contribution in [3.05, 3.63) is 29.8 Å². The van der Waals surface area contributed by atoms with Crippen LogP contribution in [0.15, 0.2) is 24.3 Å². The van der Waals surface area contributed by atoms with E-state index in [9.17, 15) is 9.59 Å². The Balaban J connectivity index is 2.48. The van der Waals surface area contributed by atoms with Crippen LogP contribution in [0.1, 0.15) is 44.5 Å². The lowest BCUT2D eigenvalue weighted by Crippen LogP contribution is -2.30. The molecular formula is C18H29N3O2. The lowest BCUT2D eigenvalue weighted by atomic mass is 10.1. The summed E-state index contributed by atoms with van der Waals surface area (Å²) >= 11 is 0. The number of anilines is 1. The predicted octanol–water partition coefficient (Wildman–Crippen LogP) is 2.74. The molecule has 1 aromatic rings. The van der Waals surface area contributed by atoms with Gasteiger partial charge in [-0.1, -0.05) is 33.8 Å². The van der Waals surface area contributed by atoms with Gasteiger partial charge in [0.05, 0.1) is 0 Å². The van der Waals surface area contributed by atoms with Gasteiger partial charge in [0, 0.05) is 23.7 Å². The highest BCUT2D eigenvalue weighted by molar-refractivity contribution is 5.97. The number of rotatable bonds is 9. The highest BCUT2D eigenvalue weighted by atomic mass is 16.2. The molecule has 128 valence electrons. The van der Waals surface area contributed by atoms with Crippen LogP contribution in [0.5, 0.6) is 0 Å². The summed E-state index contributed by atoms with van der Waals surface area (Å²) in [6, 6.07) is 7.03. The number of nitrogens with one attached hydrogen (secondary N) is 2. The van der Waals surface area contributed by atoms with Crippen LogP contribution in [0.2, 0.25) is 0 Å². The topological polar surface area (TPSA) is 61.4 Å². The molecule has 0 radical (unpaired) electrons. The minimum atomic E-state index is -0.106. The average molecular weight is 319 g/mol. The van der Waals surface area contributed by atoms with Gasteiger partial charge in [-0.3, -0.25) is 9.59 Å². The molecule has 0 saturated carbocycles. The van der Waals surface area contributed by atoms with Crippen molar-refractivity contribution >= 4 is 17.5 Å². The molecule has 23 heavy (non-hydrogen) atoms. The number of nitrogens with zero attached hydrogens (tertiary/aromatic N) is 1. The minimum absolute atomic E-state index is 0.0539. The second kappa shape index (κ2) is 10.0. The van der Waals surface area contributed by atoms with Gasteiger partial charge in [-0.25, -0.2) is 0 Å². The van der Waals surface area contributed by atoms with Crippen molar-refractivity contribution < 1.29 is 9.59 Å². The second-order valence-electron chi connectivity index (χ2n) is 5.86. The molecule has 0 aromatic heterocycles. The van der Waals surface area contributed by atoms with Crippen molar-refractivity contribution in [2.45, 2.75) is 34.1 Å². The zero-order valence-electron chi connectivity index (χ0n) is 14.7. The summed E-state index contributed by atoms with van der Waals surface area (Å²) in [6.45, 7) is 11.6. The van der Waals surface area contributed by atoms with Gasteiger partial charge in [0.25, 0.3) is 5.91 Å². The van der Waals surface area contributed by atoms with Crippen molar-refractivity contribution in [1.82, 2.24) is 10.2 Å². The van der Waals surface area contributed by atoms with Crippen LogP contribution in [-0.4, -0.2) is 42.9 Å². The number of carbonyl (C=O) groups excluding carboxylic acids is 2. The summed E-state index contributed by atoms with van der Waals surface area (Å²) in [5.41, 5.74) is 1.22. The van der Waals surface area contributed by atoms with Crippen LogP contribution >= 0.6 is 0 Å². The zero-order chi connectivity index (χ0) is 17.2. The van der Waals surface area contributed by atoms with E-state index in [-0.39, 0.29) is 17.7 Å². The molecule has 5 nitrogen and oxygen atoms in total. The molecule has 1 aromatic carbocycles. The van der Waals surface area contributed by atoms with Crippen LogP contribution in [-0.2, 0) is 4.79 Å². The van der Waals surface area contributed by atoms with Crippen molar-refractivity contribution in [2.24, 2.45) is 5.92 Å². The van der Waals surface area contributed by atoms with Gasteiger partial charge >= 0.3 is 0 Å². The van der Waals surface area contributed by atoms with E-state index in [1.807, 2.05) is 13.8 Å². The molecule has 0 unspecified atom stereocenters. The lowest BCUT2D eigenvalue weighted by molar-refractivity contribution is -0.118. The molecule has 0 bridgehead atoms. The first-order chi connectivity index (χ1) is 11.0. The third-order valence-electron chi connectivity index (χ3n) is 3.75. The maximum absolute atomic E-state index is 12.2. The van der Waals surface area contributed by atoms with Gasteiger partial charge in [0.15, 0.2) is 0 Å². The Labute approximate surface area is 139 Å². The van der Waals surface area contributed by atoms with Gasteiger partial charge < -0.3 is 15.5 Å². The van der Waals surface area contributed by atoms with E-state index in [1.54, 1.807) is 24.3 Å². The van der Waals surface area contributed by atoms with Gasteiger partial charge in [-0.2, -0.15) is 0 Å². The molecule has 0 aliphatic heterocycles. The maximum Gasteiger partial charge on any atom is 0.251 e. The Kier molecular flexibility index (Phi) is 8.33. The van der Waals surface area contributed by atoms with Crippen LogP contribution in [0.25, 0.3) is 0 Å². The SMILES string of the molecule is CCN(CC)CCCNC(=O)c1cccc(NC(=O)C(C)C)c1. The molecule has 0 spiro atoms. The van der Waals surface area contributed by atoms with Crippen molar-refractivity contribution in [2.75, 3.05) is 31.5 Å². The maximum atomic E-state index is 12.2. The molecule has 0 heterocycles. The Morgan fingerprint density at radius 1 is 1.17 bits per heavy atom. The van der Waals surface area contributed by atoms with E-state index in [0.29, 0.717) is 17.8 Å². The first-order valence-corrected chi connectivity index (χ1v) is 8.39. The Morgan fingerprint density at radius 2 is 1.87 bits per heavy atom. The monoisotopic (exact) mass is 319 g/mol. The number of hydrogen-bond donors (Lipinski definition) is 2. The fraction of sp³-hybridized carbons (Fsp3) is 0.556. The van der Waals surface area contributed by atoms with Crippen molar-refractivity contribution in [3.8, 4) is 0 Å². The molecule has 0 saturated heterocycles. The molecule has 0 atom stereocenters. The van der Waals surface area contributed by atoms with Gasteiger partial charge in [-0.15, -0.1) is 0 Å². The van der Waals surface area contributed by atoms with Crippen LogP contribution in [0, 0.1) is 5.92 Å². The van der Waals surface area contributed by atoms with E-state index in [4.69, 9.17) is 0 Å². The van der Waals surface area contributed by atoms with Crippen LogP contribution in [0.3, 0.4) is 0 Å². The van der Waals surface area contributed by atoms with E-state index in [1.165, 1.54) is 0 Å². The van der Waals surface area contributed by atoms with E-state index < -0.39 is 0 Å². The summed E-state index contributed by atoms with van der Waals surface area (Å²) in [7, 11) is 0. The van der Waals surface area contributed by atoms with Crippen LogP contribution in [0.4, 0.5) is 5.69 Å². The number of amides is 2. The zero-order valence-corrected chi connectivity index (χ0v) is 14.7. The standard InChI is InChI=1S/C18H29N3O2/c1-5-21(6-2)12-8-11-19-18(23)15-9-7-10-16(13-15)20-17(22)14(3)4/h7,9-10,13-14H,5-6,8,11-12H2,1-4H3,(H,19,23)(H,20,22). The molecular weight excluding hydrogens is 290 g/mol. The molecule has 5 heteroatoms. The van der Waals surface area contributed by atoms with Gasteiger partial charge in [-0.05, 0) is 44.3 Å². The number of hydrogen-bond acceptors (Lipinski definition) is 3. The first kappa shape index (κ1) is 19.2. The normalized spacial score (nSPS) is 10.9. The van der Waals surface area contributed by atoms with E-state index in [2.05, 4.69) is 29.4 Å². The van der Waals surface area contributed by atoms with Crippen molar-refractivity contribution in [3.63, 3.8) is 0 Å². The molecule has 1 rings (SSSR count). The molecule has 2 amide bonds. The smallest absolute Gasteiger partial charge is 0.251 e. The molecule has 0 fully saturated rings. The predicted molar refractivity (Wildman–Crippen MR) is 94.6 cm³/mol. The largest absolute Gasteiger partial charge is 0.352 e. The number of carbonyl (C=O) groups is 2. The van der Waals surface area contributed by atoms with E-state index >= 15 is 0 Å². The first-order valence-electron chi connectivity index (χ1n) is 8.39. The summed E-state index contributed by atoms with van der Waals surface area (Å²) in [5, 5.41) is 5.74. The lowest BCUT2D eigenvalue weighted by Gasteiger charge is -2.17. The molecule has 0 aliphatic rings. The summed E-state index contributed by atoms with van der Waals surface area (Å²) < 4.78 is 0. The summed E-state index contributed by atoms with van der Waals surface area (Å²) in [5.74, 6) is -0.250. The fourth-order valence-electron chi connectivity index (χ4n) is 2.17. The highest BCUT2D eigenvalue weighted by Gasteiger charge is 2.10.